The van der Waals surface area contributed by atoms with Gasteiger partial charge in [-0.3, -0.25) is 53.3 Å². The Bertz CT molecular complexity index is 3780. The highest BCUT2D eigenvalue weighted by atomic mass is 32.5. The van der Waals surface area contributed by atoms with Crippen LogP contribution in [0.2, 0.25) is 0 Å². The number of nitrogens with zero attached hydrogens (tertiary/aromatic N) is 7. The summed E-state index contributed by atoms with van der Waals surface area (Å²) in [7, 11) is -1.50. The fraction of sp³-hybridized carbons (Fsp3) is 0.516. The lowest BCUT2D eigenvalue weighted by molar-refractivity contribution is -0.137. The van der Waals surface area contributed by atoms with Crippen LogP contribution in [-0.2, 0) is 105 Å². The maximum Gasteiger partial charge on any atom is 0.697 e. The second-order valence-corrected chi connectivity index (χ2v) is 27.2. The predicted molar refractivity (Wildman–Crippen MR) is 353 cm³/mol. The van der Waals surface area contributed by atoms with E-state index in [9.17, 15) is 52.9 Å². The van der Waals surface area contributed by atoms with E-state index in [1.54, 1.807) is 62.4 Å². The summed E-state index contributed by atoms with van der Waals surface area (Å²) >= 11 is 5.37. The minimum atomic E-state index is -4.02. The van der Waals surface area contributed by atoms with E-state index in [-0.39, 0.29) is 106 Å². The highest BCUT2D eigenvalue weighted by Crippen LogP contribution is 2.51. The summed E-state index contributed by atoms with van der Waals surface area (Å²) in [6.45, 7) is 2.94. The Balaban J connectivity index is 0.673. The predicted octanol–water partition coefficient (Wildman–Crippen LogP) is 2.72. The van der Waals surface area contributed by atoms with Crippen LogP contribution in [0.15, 0.2) is 90.4 Å². The Morgan fingerprint density at radius 2 is 1.51 bits per heavy atom. The molecule has 9 rings (SSSR count). The van der Waals surface area contributed by atoms with Gasteiger partial charge in [0, 0.05) is 72.6 Å². The van der Waals surface area contributed by atoms with Gasteiger partial charge in [0.2, 0.25) is 29.5 Å². The molecule has 1 aliphatic carbocycles. The highest BCUT2D eigenvalue weighted by molar-refractivity contribution is 8.07. The van der Waals surface area contributed by atoms with Crippen molar-refractivity contribution < 1.29 is 104 Å². The molecule has 3 fully saturated rings. The Labute approximate surface area is 578 Å². The molecule has 4 aliphatic rings. The van der Waals surface area contributed by atoms with Gasteiger partial charge < -0.3 is 77.8 Å². The first-order valence-corrected chi connectivity index (χ1v) is 35.6. The fourth-order valence-corrected chi connectivity index (χ4v) is 13.0. The number of carbonyl (C=O) groups is 7. The molecule has 3 unspecified atom stereocenters. The molecular weight excluding hydrogens is 1370 g/mol. The van der Waals surface area contributed by atoms with Crippen LogP contribution in [0.1, 0.15) is 67.7 Å². The zero-order valence-corrected chi connectivity index (χ0v) is 57.6. The fourth-order valence-electron chi connectivity index (χ4n) is 10.6. The van der Waals surface area contributed by atoms with Gasteiger partial charge in [-0.15, -0.1) is 9.05 Å². The Hall–Kier alpha value is -8.03. The normalized spacial score (nSPS) is 22.5. The molecule has 540 valence electrons. The maximum atomic E-state index is 14.0. The molecular formula is C62H79N12O23P2S+. The van der Waals surface area contributed by atoms with Crippen molar-refractivity contribution >= 4 is 91.1 Å². The third-order valence-corrected chi connectivity index (χ3v) is 18.2. The van der Waals surface area contributed by atoms with Crippen LogP contribution in [0.25, 0.3) is 11.2 Å². The van der Waals surface area contributed by atoms with Gasteiger partial charge in [-0.1, -0.05) is 44.2 Å². The second kappa shape index (κ2) is 37.1. The van der Waals surface area contributed by atoms with Gasteiger partial charge in [0.25, 0.3) is 23.3 Å². The molecule has 7 N–H and O–H groups in total. The highest BCUT2D eigenvalue weighted by Gasteiger charge is 2.53. The van der Waals surface area contributed by atoms with E-state index >= 15 is 0 Å². The van der Waals surface area contributed by atoms with E-state index in [4.69, 9.17) is 67.8 Å². The van der Waals surface area contributed by atoms with Gasteiger partial charge in [-0.25, -0.2) is 19.7 Å². The van der Waals surface area contributed by atoms with Crippen molar-refractivity contribution in [2.75, 3.05) is 104 Å². The zero-order chi connectivity index (χ0) is 71.3. The number of amides is 7. The molecule has 5 aromatic rings. The molecule has 6 heterocycles. The third kappa shape index (κ3) is 22.0. The number of nitrogens with one attached hydrogen (secondary N) is 5. The molecule has 2 bridgehead atoms. The summed E-state index contributed by atoms with van der Waals surface area (Å²) in [5.74, 6) is -3.80. The van der Waals surface area contributed by atoms with Gasteiger partial charge in [-0.05, 0) is 60.4 Å². The van der Waals surface area contributed by atoms with E-state index in [1.165, 1.54) is 60.5 Å². The number of anilines is 2. The lowest BCUT2D eigenvalue weighted by atomic mass is 10.0. The Kier molecular flexibility index (Phi) is 28.2. The summed E-state index contributed by atoms with van der Waals surface area (Å²) in [4.78, 5) is 136. The Morgan fingerprint density at radius 1 is 0.830 bits per heavy atom. The first-order valence-electron chi connectivity index (χ1n) is 31.9. The average Bonchev–Trinajstić information content (AvgIpc) is 1.60. The number of hydrogen-bond donors (Lipinski definition) is 7. The molecule has 3 aromatic heterocycles. The minimum Gasteiger partial charge on any atom is -0.474 e. The van der Waals surface area contributed by atoms with Gasteiger partial charge in [0.05, 0.1) is 91.7 Å². The molecule has 7 amide bonds. The van der Waals surface area contributed by atoms with Gasteiger partial charge in [-0.2, -0.15) is 4.98 Å². The molecule has 2 saturated heterocycles. The van der Waals surface area contributed by atoms with E-state index in [1.807, 2.05) is 0 Å². The number of H-pyrrole nitrogens is 1. The van der Waals surface area contributed by atoms with Crippen molar-refractivity contribution in [1.29, 1.82) is 0 Å². The van der Waals surface area contributed by atoms with Crippen LogP contribution in [0.5, 0.6) is 5.88 Å². The van der Waals surface area contributed by atoms with Crippen LogP contribution >= 0.6 is 15.0 Å². The lowest BCUT2D eigenvalue weighted by Gasteiger charge is -2.25. The molecule has 0 spiro atoms. The number of aromatic amines is 1. The number of rotatable bonds is 33. The van der Waals surface area contributed by atoms with Gasteiger partial charge in [0.15, 0.2) is 23.5 Å². The smallest absolute Gasteiger partial charge is 0.474 e. The quantitative estimate of drug-likeness (QED) is 0.0180. The molecule has 2 aromatic carbocycles. The van der Waals surface area contributed by atoms with Gasteiger partial charge in [0.1, 0.15) is 49.9 Å². The monoisotopic (exact) mass is 1450 g/mol. The number of ether oxygens (including phenoxy) is 8. The van der Waals surface area contributed by atoms with E-state index in [0.717, 1.165) is 4.90 Å². The number of benzene rings is 2. The lowest BCUT2D eigenvalue weighted by Crippen LogP contribution is -2.53. The summed E-state index contributed by atoms with van der Waals surface area (Å²) < 4.78 is 82.9. The van der Waals surface area contributed by atoms with E-state index in [0.29, 0.717) is 68.8 Å². The number of carbonyl (C=O) groups excluding carboxylic acids is 7. The van der Waals surface area contributed by atoms with E-state index in [2.05, 4.69) is 46.2 Å². The second-order valence-electron chi connectivity index (χ2n) is 23.5. The number of imidazole rings is 1. The van der Waals surface area contributed by atoms with Crippen molar-refractivity contribution in [1.82, 2.24) is 49.9 Å². The number of fused-ring (bicyclic) bond motifs is 4. The standard InChI is InChI=1S/C62H78N12O23P2S/c1-37(2)51(68-47(75)16-19-86-21-23-88-25-27-90-28-26-89-24-22-87-20-18-73-49(76)13-14-50(73)77)58(81)66-38(3)56(79)67-42-11-9-39(10-12-42)32-91-62(83)72(4)31-40-7-5-6-8-44(40)57(80)70-61-69-55-52(59(82)71-61)65-36-74(55)60-54-53(78)46(95-60)34-93-99(85,100)97-45-30-43(94-48-15-17-63-35-64-48)29-41(45)33-92-98(84)96-54/h5-15,17,35-38,41,43,45-46,51,53-54,60,78H,16,18-34H2,1-4H3,(H5-,66,67,68,69,70,71,75,79,80,81,82,85,100)/p+1/t38-,41+,43+,45-,46+,51?,53+,54+,60+,99?/m0/s1. The summed E-state index contributed by atoms with van der Waals surface area (Å²) in [5.41, 5.74) is 0.280. The Morgan fingerprint density at radius 3 is 2.19 bits per heavy atom. The van der Waals surface area contributed by atoms with Crippen LogP contribution in [0.3, 0.4) is 0 Å². The summed E-state index contributed by atoms with van der Waals surface area (Å²) in [5, 5.41) is 22.2. The average molecular weight is 1450 g/mol. The van der Waals surface area contributed by atoms with E-state index < -0.39 is 112 Å². The van der Waals surface area contributed by atoms with Gasteiger partial charge >= 0.3 is 21.1 Å². The largest absolute Gasteiger partial charge is 0.697 e. The first-order chi connectivity index (χ1) is 48.1. The first kappa shape index (κ1) is 76.2. The van der Waals surface area contributed by atoms with Crippen LogP contribution in [0, 0.1) is 11.8 Å². The topological polar surface area (TPSA) is 432 Å². The summed E-state index contributed by atoms with van der Waals surface area (Å²) in [6.07, 6.45) is -0.647. The molecule has 100 heavy (non-hydrogen) atoms. The number of aliphatic hydroxyl groups is 1. The van der Waals surface area contributed by atoms with Crippen molar-refractivity contribution in [3.05, 3.63) is 113 Å². The molecule has 0 radical (unpaired) electrons. The maximum absolute atomic E-state index is 14.0. The van der Waals surface area contributed by atoms with Crippen LogP contribution in [0.4, 0.5) is 16.4 Å². The van der Waals surface area contributed by atoms with Crippen LogP contribution in [-0.4, -0.2) is 226 Å². The minimum absolute atomic E-state index is 0.0228. The molecule has 38 heteroatoms. The van der Waals surface area contributed by atoms with Crippen molar-refractivity contribution in [2.24, 2.45) is 11.8 Å². The number of aromatic nitrogens is 6. The van der Waals surface area contributed by atoms with Crippen molar-refractivity contribution in [3.8, 4) is 5.88 Å². The molecule has 3 aliphatic heterocycles. The number of hydrogen-bond acceptors (Lipinski definition) is 27. The van der Waals surface area contributed by atoms with Crippen LogP contribution < -0.4 is 31.6 Å². The summed E-state index contributed by atoms with van der Waals surface area (Å²) in [6, 6.07) is 12.4. The number of imide groups is 1. The third-order valence-electron chi connectivity index (χ3n) is 15.9. The molecule has 35 nitrogen and oxygen atoms in total. The van der Waals surface area contributed by atoms with Crippen molar-refractivity contribution in [2.45, 2.75) is 102 Å². The molecule has 1 saturated carbocycles. The SMILES string of the molecule is CC(C)C(NC(=O)CCOCCOCCOCCOCCOCCN1C(=O)C=CC1=O)C(=O)N[C@@H](C)C(=O)Nc1ccc(COC(=O)N(C)Cc2ccccc2C(=O)Nc2nc3c(ncn3[C@@H]3O[C@@H]4COP(O)(=S)O[C@H]5C[C@H](Oc6ccncn6)C[C@@H]5CO[P+](=O)O[C@@H]3[C@@H]4O)c(=O)[nH]2)cc1. The van der Waals surface area contributed by atoms with Crippen molar-refractivity contribution in [3.63, 3.8) is 0 Å². The zero-order valence-electron chi connectivity index (χ0n) is 55.0. The molecule has 11 atom stereocenters. The number of aliphatic hydroxyl groups excluding tert-OH is 1.